The maximum atomic E-state index is 11.4. The zero-order chi connectivity index (χ0) is 20.7. The molecule has 0 aliphatic heterocycles. The Kier molecular flexibility index (Phi) is 10.6. The van der Waals surface area contributed by atoms with Gasteiger partial charge in [0.1, 0.15) is 5.75 Å². The molecule has 0 atom stereocenters. The number of benzene rings is 2. The SMILES string of the molecule is CCCCCCCCCCOc1ccc(C=Nc2ccc(C(=O)OC)cc2)cc1. The third-order valence-corrected chi connectivity index (χ3v) is 4.80. The summed E-state index contributed by atoms with van der Waals surface area (Å²) in [5, 5.41) is 0. The largest absolute Gasteiger partial charge is 0.494 e. The molecule has 4 heteroatoms. The minimum atomic E-state index is -0.344. The van der Waals surface area contributed by atoms with Crippen molar-refractivity contribution in [2.45, 2.75) is 58.3 Å². The number of unbranched alkanes of at least 4 members (excludes halogenated alkanes) is 7. The van der Waals surface area contributed by atoms with Crippen LogP contribution in [0.1, 0.15) is 74.2 Å². The van der Waals surface area contributed by atoms with Crippen LogP contribution in [-0.4, -0.2) is 25.9 Å². The number of rotatable bonds is 13. The molecule has 0 aromatic heterocycles. The molecule has 0 aliphatic carbocycles. The Morgan fingerprint density at radius 2 is 1.48 bits per heavy atom. The van der Waals surface area contributed by atoms with E-state index in [0.29, 0.717) is 5.56 Å². The van der Waals surface area contributed by atoms with Crippen LogP contribution in [0.3, 0.4) is 0 Å². The van der Waals surface area contributed by atoms with Gasteiger partial charge in [0.25, 0.3) is 0 Å². The first-order chi connectivity index (χ1) is 14.2. The van der Waals surface area contributed by atoms with E-state index in [0.717, 1.165) is 30.0 Å². The number of aliphatic imine (C=N–C) groups is 1. The van der Waals surface area contributed by atoms with Gasteiger partial charge in [-0.2, -0.15) is 0 Å². The van der Waals surface area contributed by atoms with Crippen molar-refractivity contribution in [3.05, 3.63) is 59.7 Å². The van der Waals surface area contributed by atoms with Crippen LogP contribution in [0.15, 0.2) is 53.5 Å². The quantitative estimate of drug-likeness (QED) is 0.214. The lowest BCUT2D eigenvalue weighted by molar-refractivity contribution is 0.0601. The van der Waals surface area contributed by atoms with Gasteiger partial charge >= 0.3 is 5.97 Å². The summed E-state index contributed by atoms with van der Waals surface area (Å²) >= 11 is 0. The smallest absolute Gasteiger partial charge is 0.337 e. The fraction of sp³-hybridized carbons (Fsp3) is 0.440. The highest BCUT2D eigenvalue weighted by Gasteiger charge is 2.03. The number of nitrogens with zero attached hydrogens (tertiary/aromatic N) is 1. The van der Waals surface area contributed by atoms with Gasteiger partial charge in [-0.1, -0.05) is 51.9 Å². The molecule has 0 saturated heterocycles. The lowest BCUT2D eigenvalue weighted by atomic mass is 10.1. The number of ether oxygens (including phenoxy) is 2. The van der Waals surface area contributed by atoms with Gasteiger partial charge in [0.15, 0.2) is 0 Å². The fourth-order valence-corrected chi connectivity index (χ4v) is 3.03. The third kappa shape index (κ3) is 8.95. The molecular weight excluding hydrogens is 362 g/mol. The van der Waals surface area contributed by atoms with Crippen LogP contribution in [0.2, 0.25) is 0 Å². The first-order valence-electron chi connectivity index (χ1n) is 10.7. The summed E-state index contributed by atoms with van der Waals surface area (Å²) in [5.41, 5.74) is 2.30. The lowest BCUT2D eigenvalue weighted by Gasteiger charge is -2.06. The highest BCUT2D eigenvalue weighted by molar-refractivity contribution is 5.90. The Labute approximate surface area is 175 Å². The standard InChI is InChI=1S/C25H33NO3/c1-3-4-5-6-7-8-9-10-19-29-24-17-11-21(12-18-24)20-26-23-15-13-22(14-16-23)25(27)28-2/h11-18,20H,3-10,19H2,1-2H3. The van der Waals surface area contributed by atoms with E-state index in [9.17, 15) is 4.79 Å². The number of methoxy groups -OCH3 is 1. The molecule has 0 aliphatic rings. The maximum absolute atomic E-state index is 11.4. The van der Waals surface area contributed by atoms with Crippen molar-refractivity contribution in [3.63, 3.8) is 0 Å². The van der Waals surface area contributed by atoms with E-state index in [1.165, 1.54) is 52.1 Å². The van der Waals surface area contributed by atoms with Gasteiger partial charge in [-0.05, 0) is 60.5 Å². The van der Waals surface area contributed by atoms with Crippen LogP contribution < -0.4 is 4.74 Å². The van der Waals surface area contributed by atoms with Gasteiger partial charge in [-0.15, -0.1) is 0 Å². The number of esters is 1. The van der Waals surface area contributed by atoms with Crippen molar-refractivity contribution >= 4 is 17.9 Å². The van der Waals surface area contributed by atoms with Gasteiger partial charge in [0.2, 0.25) is 0 Å². The Morgan fingerprint density at radius 3 is 2.10 bits per heavy atom. The van der Waals surface area contributed by atoms with Gasteiger partial charge < -0.3 is 9.47 Å². The Hall–Kier alpha value is -2.62. The van der Waals surface area contributed by atoms with Crippen LogP contribution in [0, 0.1) is 0 Å². The van der Waals surface area contributed by atoms with Crippen molar-refractivity contribution in [1.82, 2.24) is 0 Å². The maximum Gasteiger partial charge on any atom is 0.337 e. The summed E-state index contributed by atoms with van der Waals surface area (Å²) in [4.78, 5) is 15.9. The van der Waals surface area contributed by atoms with Crippen LogP contribution in [0.4, 0.5) is 5.69 Å². The van der Waals surface area contributed by atoms with Crippen molar-refractivity contribution in [1.29, 1.82) is 0 Å². The number of carbonyl (C=O) groups excluding carboxylic acids is 1. The zero-order valence-electron chi connectivity index (χ0n) is 17.7. The molecule has 0 saturated carbocycles. The molecule has 2 rings (SSSR count). The van der Waals surface area contributed by atoms with Gasteiger partial charge in [-0.25, -0.2) is 4.79 Å². The summed E-state index contributed by atoms with van der Waals surface area (Å²) in [6.07, 6.45) is 12.2. The molecule has 29 heavy (non-hydrogen) atoms. The molecule has 156 valence electrons. The molecule has 0 fully saturated rings. The van der Waals surface area contributed by atoms with Crippen molar-refractivity contribution in [2.24, 2.45) is 4.99 Å². The second kappa shape index (κ2) is 13.5. The molecule has 0 spiro atoms. The summed E-state index contributed by atoms with van der Waals surface area (Å²) in [5.74, 6) is 0.551. The Morgan fingerprint density at radius 1 is 0.862 bits per heavy atom. The van der Waals surface area contributed by atoms with E-state index in [2.05, 4.69) is 11.9 Å². The number of carbonyl (C=O) groups is 1. The molecule has 0 unspecified atom stereocenters. The van der Waals surface area contributed by atoms with Crippen LogP contribution in [-0.2, 0) is 4.74 Å². The van der Waals surface area contributed by atoms with Crippen LogP contribution >= 0.6 is 0 Å². The summed E-state index contributed by atoms with van der Waals surface area (Å²) < 4.78 is 10.5. The number of hydrogen-bond donors (Lipinski definition) is 0. The van der Waals surface area contributed by atoms with Crippen LogP contribution in [0.5, 0.6) is 5.75 Å². The average Bonchev–Trinajstić information content (AvgIpc) is 2.77. The van der Waals surface area contributed by atoms with Gasteiger partial charge in [0.05, 0.1) is 25.0 Å². The second-order valence-corrected chi connectivity index (χ2v) is 7.19. The highest BCUT2D eigenvalue weighted by atomic mass is 16.5. The fourth-order valence-electron chi connectivity index (χ4n) is 3.03. The van der Waals surface area contributed by atoms with Gasteiger partial charge in [0, 0.05) is 6.21 Å². The predicted molar refractivity (Wildman–Crippen MR) is 120 cm³/mol. The van der Waals surface area contributed by atoms with Crippen molar-refractivity contribution in [2.75, 3.05) is 13.7 Å². The molecule has 4 nitrogen and oxygen atoms in total. The molecule has 2 aromatic carbocycles. The molecule has 0 amide bonds. The average molecular weight is 396 g/mol. The summed E-state index contributed by atoms with van der Waals surface area (Å²) in [6, 6.07) is 15.0. The predicted octanol–water partition coefficient (Wildman–Crippen LogP) is 6.74. The first kappa shape index (κ1) is 22.7. The molecule has 0 bridgehead atoms. The highest BCUT2D eigenvalue weighted by Crippen LogP contribution is 2.16. The van der Waals surface area contributed by atoms with E-state index in [1.54, 1.807) is 30.5 Å². The van der Waals surface area contributed by atoms with E-state index >= 15 is 0 Å². The van der Waals surface area contributed by atoms with Gasteiger partial charge in [-0.3, -0.25) is 4.99 Å². The Bertz CT molecular complexity index is 736. The third-order valence-electron chi connectivity index (χ3n) is 4.80. The van der Waals surface area contributed by atoms with Crippen molar-refractivity contribution in [3.8, 4) is 5.75 Å². The minimum Gasteiger partial charge on any atom is -0.494 e. The van der Waals surface area contributed by atoms with Crippen molar-refractivity contribution < 1.29 is 14.3 Å². The molecule has 2 aromatic rings. The van der Waals surface area contributed by atoms with E-state index in [1.807, 2.05) is 24.3 Å². The topological polar surface area (TPSA) is 47.9 Å². The first-order valence-corrected chi connectivity index (χ1v) is 10.7. The minimum absolute atomic E-state index is 0.344. The molecule has 0 N–H and O–H groups in total. The monoisotopic (exact) mass is 395 g/mol. The summed E-state index contributed by atoms with van der Waals surface area (Å²) in [7, 11) is 1.37. The second-order valence-electron chi connectivity index (χ2n) is 7.19. The van der Waals surface area contributed by atoms with E-state index in [4.69, 9.17) is 9.47 Å². The number of hydrogen-bond acceptors (Lipinski definition) is 4. The van der Waals surface area contributed by atoms with Crippen LogP contribution in [0.25, 0.3) is 0 Å². The molecular formula is C25H33NO3. The lowest BCUT2D eigenvalue weighted by Crippen LogP contribution is -1.99. The molecule has 0 heterocycles. The van der Waals surface area contributed by atoms with E-state index < -0.39 is 0 Å². The van der Waals surface area contributed by atoms with E-state index in [-0.39, 0.29) is 5.97 Å². The summed E-state index contributed by atoms with van der Waals surface area (Å²) in [6.45, 7) is 3.03. The normalized spacial score (nSPS) is 11.0. The zero-order valence-corrected chi connectivity index (χ0v) is 17.7. The molecule has 0 radical (unpaired) electrons. The Balaban J connectivity index is 1.67.